The van der Waals surface area contributed by atoms with E-state index in [1.807, 2.05) is 6.08 Å². The molecule has 0 spiro atoms. The molecule has 2 aliphatic rings. The SMILES string of the molecule is N#CC1=CCC(N2CCCC2)N=C1. The Kier molecular flexibility index (Phi) is 2.42. The first-order valence-corrected chi connectivity index (χ1v) is 4.77. The molecule has 68 valence electrons. The first-order valence-electron chi connectivity index (χ1n) is 4.77. The third-order valence-corrected chi connectivity index (χ3v) is 2.63. The highest BCUT2D eigenvalue weighted by Crippen LogP contribution is 2.18. The third-order valence-electron chi connectivity index (χ3n) is 2.63. The van der Waals surface area contributed by atoms with Crippen LogP contribution in [-0.4, -0.2) is 30.4 Å². The van der Waals surface area contributed by atoms with Crippen molar-refractivity contribution in [2.24, 2.45) is 4.99 Å². The minimum Gasteiger partial charge on any atom is -0.282 e. The molecule has 3 heteroatoms. The summed E-state index contributed by atoms with van der Waals surface area (Å²) in [4.78, 5) is 6.76. The number of likely N-dealkylation sites (tertiary alicyclic amines) is 1. The summed E-state index contributed by atoms with van der Waals surface area (Å²) in [5.41, 5.74) is 0.704. The Hall–Kier alpha value is -1.14. The molecular formula is C10H13N3. The molecule has 0 amide bonds. The maximum Gasteiger partial charge on any atom is 0.105 e. The Labute approximate surface area is 78.4 Å². The second-order valence-electron chi connectivity index (χ2n) is 3.51. The fraction of sp³-hybridized carbons (Fsp3) is 0.600. The normalized spacial score (nSPS) is 28.5. The molecule has 2 aliphatic heterocycles. The van der Waals surface area contributed by atoms with Gasteiger partial charge in [0.15, 0.2) is 0 Å². The van der Waals surface area contributed by atoms with E-state index in [2.05, 4.69) is 16.0 Å². The van der Waals surface area contributed by atoms with E-state index >= 15 is 0 Å². The third kappa shape index (κ3) is 1.78. The van der Waals surface area contributed by atoms with Crippen molar-refractivity contribution < 1.29 is 0 Å². The monoisotopic (exact) mass is 175 g/mol. The van der Waals surface area contributed by atoms with Gasteiger partial charge in [0.2, 0.25) is 0 Å². The van der Waals surface area contributed by atoms with Gasteiger partial charge in [0, 0.05) is 25.7 Å². The number of allylic oxidation sites excluding steroid dienone is 1. The fourth-order valence-electron chi connectivity index (χ4n) is 1.87. The zero-order valence-corrected chi connectivity index (χ0v) is 7.61. The molecule has 13 heavy (non-hydrogen) atoms. The van der Waals surface area contributed by atoms with Crippen molar-refractivity contribution in [3.63, 3.8) is 0 Å². The van der Waals surface area contributed by atoms with Crippen molar-refractivity contribution in [3.05, 3.63) is 11.6 Å². The first-order chi connectivity index (χ1) is 6.40. The van der Waals surface area contributed by atoms with Crippen LogP contribution in [0.1, 0.15) is 19.3 Å². The van der Waals surface area contributed by atoms with Crippen LogP contribution in [0.3, 0.4) is 0 Å². The lowest BCUT2D eigenvalue weighted by molar-refractivity contribution is 0.250. The predicted molar refractivity (Wildman–Crippen MR) is 51.4 cm³/mol. The van der Waals surface area contributed by atoms with E-state index in [1.54, 1.807) is 6.21 Å². The van der Waals surface area contributed by atoms with Crippen molar-refractivity contribution in [3.8, 4) is 6.07 Å². The quantitative estimate of drug-likeness (QED) is 0.603. The Bertz CT molecular complexity index is 279. The highest BCUT2D eigenvalue weighted by atomic mass is 15.2. The number of nitrogens with zero attached hydrogens (tertiary/aromatic N) is 3. The maximum absolute atomic E-state index is 8.62. The Balaban J connectivity index is 1.96. The Morgan fingerprint density at radius 1 is 1.46 bits per heavy atom. The molecule has 1 saturated heterocycles. The average Bonchev–Trinajstić information content (AvgIpc) is 2.71. The lowest BCUT2D eigenvalue weighted by Crippen LogP contribution is -2.31. The van der Waals surface area contributed by atoms with Crippen molar-refractivity contribution >= 4 is 6.21 Å². The summed E-state index contributed by atoms with van der Waals surface area (Å²) in [7, 11) is 0. The van der Waals surface area contributed by atoms with Crippen molar-refractivity contribution in [1.82, 2.24) is 4.90 Å². The topological polar surface area (TPSA) is 39.4 Å². The largest absolute Gasteiger partial charge is 0.282 e. The standard InChI is InChI=1S/C10H13N3/c11-7-9-3-4-10(12-8-9)13-5-1-2-6-13/h3,8,10H,1-2,4-6H2. The molecule has 0 aromatic heterocycles. The number of hydrogen-bond acceptors (Lipinski definition) is 3. The summed E-state index contributed by atoms with van der Waals surface area (Å²) in [6, 6.07) is 2.11. The molecule has 1 atom stereocenters. The van der Waals surface area contributed by atoms with Crippen LogP contribution >= 0.6 is 0 Å². The summed E-state index contributed by atoms with van der Waals surface area (Å²) in [5.74, 6) is 0. The van der Waals surface area contributed by atoms with Gasteiger partial charge in [0.25, 0.3) is 0 Å². The summed E-state index contributed by atoms with van der Waals surface area (Å²) in [6.07, 6.45) is 7.48. The van der Waals surface area contributed by atoms with Crippen LogP contribution in [0.25, 0.3) is 0 Å². The molecule has 0 N–H and O–H groups in total. The van der Waals surface area contributed by atoms with Gasteiger partial charge in [-0.25, -0.2) is 0 Å². The molecule has 0 aliphatic carbocycles. The van der Waals surface area contributed by atoms with Crippen LogP contribution < -0.4 is 0 Å². The molecular weight excluding hydrogens is 162 g/mol. The van der Waals surface area contributed by atoms with E-state index in [9.17, 15) is 0 Å². The van der Waals surface area contributed by atoms with Crippen LogP contribution in [0.5, 0.6) is 0 Å². The summed E-state index contributed by atoms with van der Waals surface area (Å²) < 4.78 is 0. The molecule has 0 bridgehead atoms. The van der Waals surface area contributed by atoms with E-state index in [0.29, 0.717) is 11.7 Å². The van der Waals surface area contributed by atoms with Gasteiger partial charge in [-0.05, 0) is 12.8 Å². The van der Waals surface area contributed by atoms with E-state index < -0.39 is 0 Å². The van der Waals surface area contributed by atoms with Gasteiger partial charge in [0.1, 0.15) is 12.2 Å². The molecule has 3 nitrogen and oxygen atoms in total. The van der Waals surface area contributed by atoms with Crippen LogP contribution in [0, 0.1) is 11.3 Å². The minimum absolute atomic E-state index is 0.305. The van der Waals surface area contributed by atoms with Crippen LogP contribution in [0.15, 0.2) is 16.6 Å². The molecule has 0 saturated carbocycles. The number of dihydropyridines is 1. The lowest BCUT2D eigenvalue weighted by atomic mass is 10.1. The fourth-order valence-corrected chi connectivity index (χ4v) is 1.87. The lowest BCUT2D eigenvalue weighted by Gasteiger charge is -2.24. The van der Waals surface area contributed by atoms with Crippen molar-refractivity contribution in [2.45, 2.75) is 25.4 Å². The average molecular weight is 175 g/mol. The van der Waals surface area contributed by atoms with E-state index in [4.69, 9.17) is 5.26 Å². The molecule has 0 aromatic rings. The van der Waals surface area contributed by atoms with Crippen molar-refractivity contribution in [2.75, 3.05) is 13.1 Å². The zero-order valence-electron chi connectivity index (χ0n) is 7.61. The van der Waals surface area contributed by atoms with Gasteiger partial charge in [0.05, 0.1) is 5.57 Å². The molecule has 2 rings (SSSR count). The number of nitriles is 1. The van der Waals surface area contributed by atoms with E-state index in [0.717, 1.165) is 19.5 Å². The highest BCUT2D eigenvalue weighted by molar-refractivity contribution is 5.84. The number of rotatable bonds is 1. The van der Waals surface area contributed by atoms with E-state index in [-0.39, 0.29) is 0 Å². The van der Waals surface area contributed by atoms with Crippen LogP contribution in [0.2, 0.25) is 0 Å². The molecule has 0 radical (unpaired) electrons. The molecule has 1 unspecified atom stereocenters. The summed E-state index contributed by atoms with van der Waals surface area (Å²) >= 11 is 0. The van der Waals surface area contributed by atoms with Gasteiger partial charge in [-0.1, -0.05) is 6.08 Å². The number of hydrogen-bond donors (Lipinski definition) is 0. The second kappa shape index (κ2) is 3.71. The minimum atomic E-state index is 0.305. The van der Waals surface area contributed by atoms with Gasteiger partial charge >= 0.3 is 0 Å². The highest BCUT2D eigenvalue weighted by Gasteiger charge is 2.21. The smallest absolute Gasteiger partial charge is 0.105 e. The maximum atomic E-state index is 8.62. The van der Waals surface area contributed by atoms with Crippen LogP contribution in [0.4, 0.5) is 0 Å². The van der Waals surface area contributed by atoms with Gasteiger partial charge < -0.3 is 0 Å². The molecule has 2 heterocycles. The zero-order chi connectivity index (χ0) is 9.10. The van der Waals surface area contributed by atoms with Crippen molar-refractivity contribution in [1.29, 1.82) is 5.26 Å². The Morgan fingerprint density at radius 2 is 2.23 bits per heavy atom. The first kappa shape index (κ1) is 8.46. The Morgan fingerprint density at radius 3 is 2.77 bits per heavy atom. The summed E-state index contributed by atoms with van der Waals surface area (Å²) in [6.45, 7) is 2.33. The van der Waals surface area contributed by atoms with Gasteiger partial charge in [-0.15, -0.1) is 0 Å². The summed E-state index contributed by atoms with van der Waals surface area (Å²) in [5, 5.41) is 8.62. The predicted octanol–water partition coefficient (Wildman–Crippen LogP) is 1.33. The second-order valence-corrected chi connectivity index (χ2v) is 3.51. The van der Waals surface area contributed by atoms with Gasteiger partial charge in [-0.3, -0.25) is 9.89 Å². The molecule has 0 aromatic carbocycles. The van der Waals surface area contributed by atoms with Crippen LogP contribution in [-0.2, 0) is 0 Å². The number of aliphatic imine (C=N–C) groups is 1. The van der Waals surface area contributed by atoms with E-state index in [1.165, 1.54) is 12.8 Å². The molecule has 1 fully saturated rings. The van der Waals surface area contributed by atoms with Gasteiger partial charge in [-0.2, -0.15) is 5.26 Å².